The summed E-state index contributed by atoms with van der Waals surface area (Å²) in [6.07, 6.45) is 1.53. The largest absolute Gasteiger partial charge is 0.363 e. The highest BCUT2D eigenvalue weighted by atomic mass is 32.2. The molecule has 1 aliphatic heterocycles. The topological polar surface area (TPSA) is 32.8 Å². The number of ether oxygens (including phenoxy) is 1. The summed E-state index contributed by atoms with van der Waals surface area (Å²) in [4.78, 5) is 14.8. The highest BCUT2D eigenvalue weighted by molar-refractivity contribution is 7.99. The lowest BCUT2D eigenvalue weighted by molar-refractivity contribution is -0.131. The van der Waals surface area contributed by atoms with Crippen LogP contribution in [0.4, 0.5) is 0 Å². The third-order valence-electron chi connectivity index (χ3n) is 2.40. The molecule has 0 aromatic heterocycles. The third-order valence-corrected chi connectivity index (χ3v) is 3.45. The molecule has 1 aromatic rings. The van der Waals surface area contributed by atoms with Gasteiger partial charge in [0.2, 0.25) is 0 Å². The zero-order chi connectivity index (χ0) is 12.1. The van der Waals surface area contributed by atoms with E-state index in [9.17, 15) is 4.79 Å². The molecule has 0 N–H and O–H groups in total. The fourth-order valence-electron chi connectivity index (χ4n) is 1.43. The molecule has 17 heavy (non-hydrogen) atoms. The maximum absolute atomic E-state index is 11.9. The lowest BCUT2D eigenvalue weighted by atomic mass is 10.4. The standard InChI is InChI=1S/C13H15NO2S/c1-2-8-14(13(15)12-9-16-12)10-17-11-6-4-3-5-7-11/h2-7,12H,1,8-10H2/t12-/m1/s1. The number of carbonyl (C=O) groups excluding carboxylic acids is 1. The summed E-state index contributed by atoms with van der Waals surface area (Å²) in [6, 6.07) is 10.0. The molecule has 0 aliphatic carbocycles. The third kappa shape index (κ3) is 3.61. The second-order valence-electron chi connectivity index (χ2n) is 3.76. The molecule has 0 bridgehead atoms. The summed E-state index contributed by atoms with van der Waals surface area (Å²) in [5.41, 5.74) is 0. The Morgan fingerprint density at radius 3 is 2.82 bits per heavy atom. The lowest BCUT2D eigenvalue weighted by Gasteiger charge is -2.19. The number of amides is 1. The Balaban J connectivity index is 1.89. The number of rotatable bonds is 6. The Kier molecular flexibility index (Phi) is 4.23. The number of benzene rings is 1. The van der Waals surface area contributed by atoms with Crippen molar-refractivity contribution in [3.63, 3.8) is 0 Å². The van der Waals surface area contributed by atoms with E-state index in [0.29, 0.717) is 19.0 Å². The quantitative estimate of drug-likeness (QED) is 0.335. The molecule has 90 valence electrons. The van der Waals surface area contributed by atoms with E-state index in [0.717, 1.165) is 4.90 Å². The van der Waals surface area contributed by atoms with E-state index in [1.54, 1.807) is 22.7 Å². The van der Waals surface area contributed by atoms with Crippen LogP contribution in [0.25, 0.3) is 0 Å². The lowest BCUT2D eigenvalue weighted by Crippen LogP contribution is -2.34. The predicted molar refractivity (Wildman–Crippen MR) is 68.8 cm³/mol. The fraction of sp³-hybridized carbons (Fsp3) is 0.308. The van der Waals surface area contributed by atoms with E-state index in [4.69, 9.17) is 4.74 Å². The summed E-state index contributed by atoms with van der Waals surface area (Å²) in [6.45, 7) is 4.80. The van der Waals surface area contributed by atoms with Crippen LogP contribution in [0.15, 0.2) is 47.9 Å². The molecular formula is C13H15NO2S. The van der Waals surface area contributed by atoms with Gasteiger partial charge in [0.1, 0.15) is 0 Å². The number of thioether (sulfide) groups is 1. The van der Waals surface area contributed by atoms with E-state index >= 15 is 0 Å². The Morgan fingerprint density at radius 1 is 1.53 bits per heavy atom. The molecule has 1 fully saturated rings. The number of hydrogen-bond donors (Lipinski definition) is 0. The number of epoxide rings is 1. The zero-order valence-corrected chi connectivity index (χ0v) is 10.4. The van der Waals surface area contributed by atoms with Gasteiger partial charge in [-0.3, -0.25) is 4.79 Å². The molecule has 1 aliphatic rings. The van der Waals surface area contributed by atoms with E-state index in [1.165, 1.54) is 0 Å². The molecule has 1 saturated heterocycles. The first kappa shape index (κ1) is 12.2. The van der Waals surface area contributed by atoms with Crippen LogP contribution in [0.2, 0.25) is 0 Å². The monoisotopic (exact) mass is 249 g/mol. The Labute approximate surface area is 105 Å². The van der Waals surface area contributed by atoms with Crippen LogP contribution in [0.5, 0.6) is 0 Å². The van der Waals surface area contributed by atoms with Gasteiger partial charge < -0.3 is 9.64 Å². The minimum absolute atomic E-state index is 0.0633. The number of carbonyl (C=O) groups is 1. The summed E-state index contributed by atoms with van der Waals surface area (Å²) < 4.78 is 5.01. The van der Waals surface area contributed by atoms with E-state index in [1.807, 2.05) is 30.3 Å². The first-order valence-corrected chi connectivity index (χ1v) is 6.49. The van der Waals surface area contributed by atoms with Crippen molar-refractivity contribution < 1.29 is 9.53 Å². The van der Waals surface area contributed by atoms with Crippen molar-refractivity contribution in [1.82, 2.24) is 4.90 Å². The van der Waals surface area contributed by atoms with Crippen molar-refractivity contribution >= 4 is 17.7 Å². The molecule has 0 saturated carbocycles. The van der Waals surface area contributed by atoms with Crippen LogP contribution >= 0.6 is 11.8 Å². The van der Waals surface area contributed by atoms with Gasteiger partial charge in [-0.05, 0) is 12.1 Å². The molecule has 0 unspecified atom stereocenters. The van der Waals surface area contributed by atoms with Gasteiger partial charge in [-0.2, -0.15) is 0 Å². The molecule has 0 radical (unpaired) electrons. The predicted octanol–water partition coefficient (Wildman–Crippen LogP) is 2.15. The Bertz CT molecular complexity index is 390. The van der Waals surface area contributed by atoms with Crippen molar-refractivity contribution in [1.29, 1.82) is 0 Å². The minimum Gasteiger partial charge on any atom is -0.363 e. The van der Waals surface area contributed by atoms with Crippen LogP contribution < -0.4 is 0 Å². The average Bonchev–Trinajstić information content (AvgIpc) is 3.19. The van der Waals surface area contributed by atoms with Crippen LogP contribution in [0.1, 0.15) is 0 Å². The number of hydrogen-bond acceptors (Lipinski definition) is 3. The first-order valence-electron chi connectivity index (χ1n) is 5.50. The summed E-state index contributed by atoms with van der Waals surface area (Å²) in [5, 5.41) is 0. The molecule has 1 aromatic carbocycles. The molecule has 1 heterocycles. The summed E-state index contributed by atoms with van der Waals surface area (Å²) in [7, 11) is 0. The SMILES string of the molecule is C=CCN(CSc1ccccc1)C(=O)[C@H]1CO1. The van der Waals surface area contributed by atoms with Gasteiger partial charge >= 0.3 is 0 Å². The van der Waals surface area contributed by atoms with Crippen molar-refractivity contribution in [3.05, 3.63) is 43.0 Å². The molecule has 4 heteroatoms. The molecule has 2 rings (SSSR count). The second kappa shape index (κ2) is 5.89. The number of nitrogens with zero attached hydrogens (tertiary/aromatic N) is 1. The van der Waals surface area contributed by atoms with Crippen LogP contribution in [-0.2, 0) is 9.53 Å². The van der Waals surface area contributed by atoms with Crippen molar-refractivity contribution in [2.75, 3.05) is 19.0 Å². The van der Waals surface area contributed by atoms with E-state index in [2.05, 4.69) is 6.58 Å². The minimum atomic E-state index is -0.216. The highest BCUT2D eigenvalue weighted by Crippen LogP contribution is 2.20. The van der Waals surface area contributed by atoms with Gasteiger partial charge in [0.05, 0.1) is 12.5 Å². The molecular weight excluding hydrogens is 234 g/mol. The molecule has 1 amide bonds. The van der Waals surface area contributed by atoms with Gasteiger partial charge in [-0.15, -0.1) is 18.3 Å². The van der Waals surface area contributed by atoms with Gasteiger partial charge in [0.15, 0.2) is 6.10 Å². The summed E-state index contributed by atoms with van der Waals surface area (Å²) in [5.74, 6) is 0.697. The molecule has 3 nitrogen and oxygen atoms in total. The van der Waals surface area contributed by atoms with Gasteiger partial charge in [-0.1, -0.05) is 24.3 Å². The van der Waals surface area contributed by atoms with Crippen molar-refractivity contribution in [2.24, 2.45) is 0 Å². The smallest absolute Gasteiger partial charge is 0.255 e. The highest BCUT2D eigenvalue weighted by Gasteiger charge is 2.34. The molecule has 1 atom stereocenters. The van der Waals surface area contributed by atoms with E-state index < -0.39 is 0 Å². The maximum atomic E-state index is 11.9. The molecule has 0 spiro atoms. The normalized spacial score (nSPS) is 17.5. The Morgan fingerprint density at radius 2 is 2.24 bits per heavy atom. The average molecular weight is 249 g/mol. The van der Waals surface area contributed by atoms with Crippen molar-refractivity contribution in [2.45, 2.75) is 11.0 Å². The summed E-state index contributed by atoms with van der Waals surface area (Å²) >= 11 is 1.64. The zero-order valence-electron chi connectivity index (χ0n) is 9.54. The van der Waals surface area contributed by atoms with Crippen molar-refractivity contribution in [3.8, 4) is 0 Å². The second-order valence-corrected chi connectivity index (χ2v) is 4.78. The van der Waals surface area contributed by atoms with Crippen LogP contribution in [-0.4, -0.2) is 35.9 Å². The van der Waals surface area contributed by atoms with Gasteiger partial charge in [-0.25, -0.2) is 0 Å². The maximum Gasteiger partial charge on any atom is 0.255 e. The Hall–Kier alpha value is -1.26. The van der Waals surface area contributed by atoms with Crippen LogP contribution in [0, 0.1) is 0 Å². The van der Waals surface area contributed by atoms with Gasteiger partial charge in [0, 0.05) is 11.4 Å². The van der Waals surface area contributed by atoms with E-state index in [-0.39, 0.29) is 12.0 Å². The fourth-order valence-corrected chi connectivity index (χ4v) is 2.31. The van der Waals surface area contributed by atoms with Gasteiger partial charge in [0.25, 0.3) is 5.91 Å². The van der Waals surface area contributed by atoms with Crippen LogP contribution in [0.3, 0.4) is 0 Å². The first-order chi connectivity index (χ1) is 8.31.